The molecule has 0 radical (unpaired) electrons. The Bertz CT molecular complexity index is 528. The van der Waals surface area contributed by atoms with Gasteiger partial charge < -0.3 is 4.74 Å². The Morgan fingerprint density at radius 2 is 2.06 bits per heavy atom. The molecule has 3 nitrogen and oxygen atoms in total. The fraction of sp³-hybridized carbons (Fsp3) is 0.273. The molecule has 0 amide bonds. The van der Waals surface area contributed by atoms with Crippen molar-refractivity contribution in [3.05, 3.63) is 34.1 Å². The molecule has 17 heavy (non-hydrogen) atoms. The summed E-state index contributed by atoms with van der Waals surface area (Å²) in [7, 11) is 0. The molecule has 6 heteroatoms. The van der Waals surface area contributed by atoms with Gasteiger partial charge in [0.15, 0.2) is 0 Å². The molecule has 0 aliphatic heterocycles. The highest BCUT2D eigenvalue weighted by molar-refractivity contribution is 7.07. The summed E-state index contributed by atoms with van der Waals surface area (Å²) in [6.45, 7) is 4.05. The van der Waals surface area contributed by atoms with Gasteiger partial charge in [-0.25, -0.2) is 0 Å². The predicted octanol–water partition coefficient (Wildman–Crippen LogP) is 4.76. The molecule has 2 rings (SSSR count). The van der Waals surface area contributed by atoms with Gasteiger partial charge in [0.2, 0.25) is 0 Å². The number of nitrogens with zero attached hydrogens (tertiary/aromatic N) is 2. The van der Waals surface area contributed by atoms with Crippen molar-refractivity contribution in [2.75, 3.05) is 0 Å². The molecular weight excluding hydrogens is 279 g/mol. The van der Waals surface area contributed by atoms with Crippen molar-refractivity contribution in [3.8, 4) is 10.9 Å². The second-order valence-corrected chi connectivity index (χ2v) is 5.31. The van der Waals surface area contributed by atoms with Crippen LogP contribution in [-0.4, -0.2) is 9.36 Å². The van der Waals surface area contributed by atoms with Gasteiger partial charge in [-0.05, 0) is 12.1 Å². The van der Waals surface area contributed by atoms with Gasteiger partial charge in [0.25, 0.3) is 5.19 Å². The van der Waals surface area contributed by atoms with Crippen molar-refractivity contribution in [3.63, 3.8) is 0 Å². The molecule has 0 unspecified atom stereocenters. The smallest absolute Gasteiger partial charge is 0.298 e. The first-order valence-electron chi connectivity index (χ1n) is 5.03. The quantitative estimate of drug-likeness (QED) is 0.817. The number of rotatable bonds is 3. The van der Waals surface area contributed by atoms with Crippen molar-refractivity contribution in [2.24, 2.45) is 0 Å². The third kappa shape index (κ3) is 3.09. The van der Waals surface area contributed by atoms with E-state index < -0.39 is 0 Å². The van der Waals surface area contributed by atoms with Crippen LogP contribution in [0, 0.1) is 0 Å². The highest BCUT2D eigenvalue weighted by Gasteiger charge is 2.11. The predicted molar refractivity (Wildman–Crippen MR) is 70.5 cm³/mol. The first-order chi connectivity index (χ1) is 8.06. The van der Waals surface area contributed by atoms with Gasteiger partial charge in [-0.15, -0.1) is 0 Å². The Balaban J connectivity index is 2.22. The zero-order valence-electron chi connectivity index (χ0n) is 9.28. The summed E-state index contributed by atoms with van der Waals surface area (Å²) in [5.74, 6) is 1.53. The molecule has 0 N–H and O–H groups in total. The maximum absolute atomic E-state index is 5.99. The SMILES string of the molecule is CC(C)c1nsc(Oc2cc(Cl)ccc2Cl)n1. The molecule has 1 heterocycles. The van der Waals surface area contributed by atoms with Crippen LogP contribution in [0.1, 0.15) is 25.6 Å². The minimum atomic E-state index is 0.276. The number of halogens is 2. The highest BCUT2D eigenvalue weighted by atomic mass is 35.5. The van der Waals surface area contributed by atoms with Crippen LogP contribution >= 0.6 is 34.7 Å². The summed E-state index contributed by atoms with van der Waals surface area (Å²) < 4.78 is 9.74. The lowest BCUT2D eigenvalue weighted by Gasteiger charge is -2.03. The Hall–Kier alpha value is -0.840. The number of hydrogen-bond donors (Lipinski definition) is 0. The molecule has 90 valence electrons. The largest absolute Gasteiger partial charge is 0.428 e. The van der Waals surface area contributed by atoms with E-state index in [0.717, 1.165) is 5.82 Å². The maximum atomic E-state index is 5.99. The van der Waals surface area contributed by atoms with Crippen molar-refractivity contribution < 1.29 is 4.74 Å². The molecule has 0 saturated heterocycles. The summed E-state index contributed by atoms with van der Waals surface area (Å²) in [5.41, 5.74) is 0. The topological polar surface area (TPSA) is 35.0 Å². The molecule has 0 aliphatic rings. The normalized spacial score (nSPS) is 10.9. The second kappa shape index (κ2) is 5.21. The third-order valence-corrected chi connectivity index (χ3v) is 3.19. The van der Waals surface area contributed by atoms with E-state index in [1.807, 2.05) is 13.8 Å². The monoisotopic (exact) mass is 288 g/mol. The van der Waals surface area contributed by atoms with Crippen LogP contribution in [0.25, 0.3) is 0 Å². The summed E-state index contributed by atoms with van der Waals surface area (Å²) in [5, 5.41) is 1.53. The number of ether oxygens (including phenoxy) is 1. The molecule has 1 aromatic heterocycles. The summed E-state index contributed by atoms with van der Waals surface area (Å²) >= 11 is 13.1. The summed E-state index contributed by atoms with van der Waals surface area (Å²) in [4.78, 5) is 4.26. The molecule has 0 bridgehead atoms. The molecule has 2 aromatic rings. The summed E-state index contributed by atoms with van der Waals surface area (Å²) in [6.07, 6.45) is 0. The van der Waals surface area contributed by atoms with Crippen molar-refractivity contribution in [2.45, 2.75) is 19.8 Å². The van der Waals surface area contributed by atoms with Gasteiger partial charge >= 0.3 is 0 Å². The standard InChI is InChI=1S/C11H10Cl2N2OS/c1-6(2)10-14-11(17-15-10)16-9-5-7(12)3-4-8(9)13/h3-6H,1-2H3. The maximum Gasteiger partial charge on any atom is 0.298 e. The van der Waals surface area contributed by atoms with Gasteiger partial charge in [0.1, 0.15) is 11.6 Å². The van der Waals surface area contributed by atoms with Gasteiger partial charge in [-0.2, -0.15) is 9.36 Å². The zero-order chi connectivity index (χ0) is 12.4. The first-order valence-corrected chi connectivity index (χ1v) is 6.55. The van der Waals surface area contributed by atoms with E-state index in [-0.39, 0.29) is 5.92 Å². The van der Waals surface area contributed by atoms with Crippen molar-refractivity contribution >= 4 is 34.7 Å². The average Bonchev–Trinajstić information content (AvgIpc) is 2.72. The molecule has 0 aliphatic carbocycles. The lowest BCUT2D eigenvalue weighted by molar-refractivity contribution is 0.476. The minimum Gasteiger partial charge on any atom is -0.428 e. The van der Waals surface area contributed by atoms with Crippen LogP contribution in [0.15, 0.2) is 18.2 Å². The van der Waals surface area contributed by atoms with E-state index in [1.54, 1.807) is 18.2 Å². The van der Waals surface area contributed by atoms with Gasteiger partial charge in [0.05, 0.1) is 5.02 Å². The minimum absolute atomic E-state index is 0.276. The third-order valence-electron chi connectivity index (χ3n) is 2.03. The van der Waals surface area contributed by atoms with Crippen LogP contribution in [0.3, 0.4) is 0 Å². The number of benzene rings is 1. The second-order valence-electron chi connectivity index (χ2n) is 3.75. The number of aromatic nitrogens is 2. The Labute approximate surface area is 114 Å². The van der Waals surface area contributed by atoms with Crippen LogP contribution in [0.4, 0.5) is 0 Å². The van der Waals surface area contributed by atoms with E-state index >= 15 is 0 Å². The summed E-state index contributed by atoms with van der Waals surface area (Å²) in [6, 6.07) is 5.04. The lowest BCUT2D eigenvalue weighted by atomic mass is 10.2. The first kappa shape index (κ1) is 12.6. The fourth-order valence-electron chi connectivity index (χ4n) is 1.15. The van der Waals surface area contributed by atoms with Gasteiger partial charge in [0, 0.05) is 28.5 Å². The van der Waals surface area contributed by atoms with E-state index in [2.05, 4.69) is 9.36 Å². The van der Waals surface area contributed by atoms with Crippen LogP contribution in [-0.2, 0) is 0 Å². The Morgan fingerprint density at radius 1 is 1.29 bits per heavy atom. The Kier molecular flexibility index (Phi) is 3.86. The molecule has 1 aromatic carbocycles. The highest BCUT2D eigenvalue weighted by Crippen LogP contribution is 2.33. The van der Waals surface area contributed by atoms with Gasteiger partial charge in [-0.3, -0.25) is 0 Å². The van der Waals surface area contributed by atoms with E-state index in [9.17, 15) is 0 Å². The molecule has 0 saturated carbocycles. The molecule has 0 spiro atoms. The molecule has 0 fully saturated rings. The van der Waals surface area contributed by atoms with Crippen LogP contribution in [0.2, 0.25) is 10.0 Å². The molecular formula is C11H10Cl2N2OS. The fourth-order valence-corrected chi connectivity index (χ4v) is 2.15. The van der Waals surface area contributed by atoms with Gasteiger partial charge in [-0.1, -0.05) is 37.0 Å². The van der Waals surface area contributed by atoms with E-state index in [1.165, 1.54) is 11.5 Å². The number of hydrogen-bond acceptors (Lipinski definition) is 4. The van der Waals surface area contributed by atoms with Crippen molar-refractivity contribution in [1.82, 2.24) is 9.36 Å². The van der Waals surface area contributed by atoms with Crippen molar-refractivity contribution in [1.29, 1.82) is 0 Å². The average molecular weight is 289 g/mol. The Morgan fingerprint density at radius 3 is 2.71 bits per heavy atom. The zero-order valence-corrected chi connectivity index (χ0v) is 11.6. The molecule has 0 atom stereocenters. The van der Waals surface area contributed by atoms with E-state index in [4.69, 9.17) is 27.9 Å². The van der Waals surface area contributed by atoms with Crippen LogP contribution in [0.5, 0.6) is 10.9 Å². The van der Waals surface area contributed by atoms with E-state index in [0.29, 0.717) is 21.0 Å². The van der Waals surface area contributed by atoms with Crippen LogP contribution < -0.4 is 4.74 Å². The lowest BCUT2D eigenvalue weighted by Crippen LogP contribution is -1.90.